The Morgan fingerprint density at radius 1 is 1.14 bits per heavy atom. The number of hydrogen-bond acceptors (Lipinski definition) is 7. The highest BCUT2D eigenvalue weighted by atomic mass is 16.7. The lowest BCUT2D eigenvalue weighted by atomic mass is 9.99. The van der Waals surface area contributed by atoms with Crippen LogP contribution in [0.2, 0.25) is 0 Å². The molecule has 8 nitrogen and oxygen atoms in total. The van der Waals surface area contributed by atoms with Crippen LogP contribution in [0.3, 0.4) is 0 Å². The molecule has 5 atom stereocenters. The molecule has 0 radical (unpaired) electrons. The molecule has 124 valence electrons. The topological polar surface area (TPSA) is 132 Å². The van der Waals surface area contributed by atoms with Crippen molar-refractivity contribution in [1.82, 2.24) is 0 Å². The number of aromatic hydroxyl groups is 1. The van der Waals surface area contributed by atoms with Crippen molar-refractivity contribution in [2.75, 3.05) is 19.8 Å². The van der Waals surface area contributed by atoms with E-state index in [2.05, 4.69) is 0 Å². The highest BCUT2D eigenvalue weighted by molar-refractivity contribution is 5.30. The molecule has 22 heavy (non-hydrogen) atoms. The second-order valence-electron chi connectivity index (χ2n) is 4.90. The number of benzene rings is 1. The Morgan fingerprint density at radius 2 is 1.82 bits per heavy atom. The Balaban J connectivity index is 2.13. The molecule has 1 saturated heterocycles. The van der Waals surface area contributed by atoms with Crippen molar-refractivity contribution in [3.05, 3.63) is 30.0 Å². The maximum Gasteiger partial charge on any atom is 0.197 e. The summed E-state index contributed by atoms with van der Waals surface area (Å²) < 4.78 is 16.3. The van der Waals surface area contributed by atoms with E-state index in [0.29, 0.717) is 5.75 Å². The van der Waals surface area contributed by atoms with Crippen LogP contribution >= 0.6 is 0 Å². The van der Waals surface area contributed by atoms with E-state index >= 15 is 0 Å². The molecule has 0 aliphatic carbocycles. The second-order valence-corrected chi connectivity index (χ2v) is 4.90. The minimum Gasteiger partial charge on any atom is -0.676 e. The molecule has 0 aromatic heterocycles. The lowest BCUT2D eigenvalue weighted by molar-refractivity contribution is -0.294. The lowest BCUT2D eigenvalue weighted by Crippen LogP contribution is -2.61. The summed E-state index contributed by atoms with van der Waals surface area (Å²) >= 11 is 0. The van der Waals surface area contributed by atoms with Crippen molar-refractivity contribution in [3.8, 4) is 11.5 Å². The summed E-state index contributed by atoms with van der Waals surface area (Å²) in [6.07, 6.45) is -5.73. The number of phenolic OH excluding ortho intramolecular Hbond substituents is 1. The molecule has 8 heteroatoms. The first-order valence-corrected chi connectivity index (χ1v) is 6.91. The molecule has 1 fully saturated rings. The van der Waals surface area contributed by atoms with Gasteiger partial charge in [0.1, 0.15) is 29.8 Å². The van der Waals surface area contributed by atoms with Crippen molar-refractivity contribution in [3.63, 3.8) is 0 Å². The van der Waals surface area contributed by atoms with Crippen LogP contribution in [0.4, 0.5) is 0 Å². The smallest absolute Gasteiger partial charge is 0.197 e. The van der Waals surface area contributed by atoms with Gasteiger partial charge < -0.3 is 40.4 Å². The number of ether oxygens (including phenoxy) is 3. The van der Waals surface area contributed by atoms with Crippen LogP contribution in [0.25, 0.3) is 5.73 Å². The van der Waals surface area contributed by atoms with Crippen LogP contribution in [0.5, 0.6) is 11.5 Å². The van der Waals surface area contributed by atoms with Gasteiger partial charge in [-0.1, -0.05) is 0 Å². The van der Waals surface area contributed by atoms with Crippen molar-refractivity contribution < 1.29 is 34.6 Å². The third kappa shape index (κ3) is 3.86. The largest absolute Gasteiger partial charge is 0.676 e. The summed E-state index contributed by atoms with van der Waals surface area (Å²) in [4.78, 5) is 0. The number of aliphatic hydroxyl groups is 3. The van der Waals surface area contributed by atoms with Crippen LogP contribution in [0.15, 0.2) is 24.3 Å². The normalized spacial score (nSPS) is 31.9. The van der Waals surface area contributed by atoms with Gasteiger partial charge >= 0.3 is 0 Å². The standard InChI is InChI=1S/C14H20NO7/c15-5-6-20-14-13(12(19)11(18)10(7-16)22-14)21-9-3-1-8(17)2-4-9/h1-4,10-19H,5-7H2/q-1/t10?,11-,12?,13?,14+/m1/s1. The van der Waals surface area contributed by atoms with E-state index in [9.17, 15) is 20.4 Å². The monoisotopic (exact) mass is 314 g/mol. The van der Waals surface area contributed by atoms with Gasteiger partial charge in [0.05, 0.1) is 6.61 Å². The van der Waals surface area contributed by atoms with Gasteiger partial charge in [-0.25, -0.2) is 0 Å². The summed E-state index contributed by atoms with van der Waals surface area (Å²) in [6, 6.07) is 5.82. The fourth-order valence-corrected chi connectivity index (χ4v) is 2.17. The molecule has 2 rings (SSSR count). The van der Waals surface area contributed by atoms with Crippen LogP contribution in [0.1, 0.15) is 0 Å². The number of phenols is 1. The van der Waals surface area contributed by atoms with E-state index in [4.69, 9.17) is 19.9 Å². The fourth-order valence-electron chi connectivity index (χ4n) is 2.17. The summed E-state index contributed by atoms with van der Waals surface area (Å²) in [5.41, 5.74) is 7.11. The number of rotatable bonds is 6. The first-order valence-electron chi connectivity index (χ1n) is 6.91. The highest BCUT2D eigenvalue weighted by Gasteiger charge is 2.46. The summed E-state index contributed by atoms with van der Waals surface area (Å²) in [5, 5.41) is 38.5. The third-order valence-electron chi connectivity index (χ3n) is 3.32. The average molecular weight is 314 g/mol. The van der Waals surface area contributed by atoms with Crippen LogP contribution < -0.4 is 4.74 Å². The number of hydrogen-bond donors (Lipinski definition) is 4. The summed E-state index contributed by atoms with van der Waals surface area (Å²) in [6.45, 7) is -0.430. The predicted octanol–water partition coefficient (Wildman–Crippen LogP) is -0.353. The van der Waals surface area contributed by atoms with Gasteiger partial charge in [0.25, 0.3) is 0 Å². The van der Waals surface area contributed by atoms with Gasteiger partial charge in [0, 0.05) is 6.61 Å². The molecule has 1 aliphatic rings. The quantitative estimate of drug-likeness (QED) is 0.564. The van der Waals surface area contributed by atoms with Gasteiger partial charge in [-0.2, -0.15) is 0 Å². The van der Waals surface area contributed by atoms with Crippen LogP contribution in [-0.4, -0.2) is 70.9 Å². The number of aliphatic hydroxyl groups excluding tert-OH is 3. The second kappa shape index (κ2) is 7.73. The maximum absolute atomic E-state index is 10.2. The summed E-state index contributed by atoms with van der Waals surface area (Å²) in [7, 11) is 0. The zero-order chi connectivity index (χ0) is 16.1. The van der Waals surface area contributed by atoms with E-state index in [-0.39, 0.29) is 18.9 Å². The molecule has 1 aromatic rings. The minimum atomic E-state index is -1.34. The Kier molecular flexibility index (Phi) is 5.95. The van der Waals surface area contributed by atoms with E-state index in [1.807, 2.05) is 0 Å². The van der Waals surface area contributed by atoms with E-state index in [1.165, 1.54) is 24.3 Å². The molecule has 0 bridgehead atoms. The zero-order valence-electron chi connectivity index (χ0n) is 11.8. The molecule has 0 saturated carbocycles. The average Bonchev–Trinajstić information content (AvgIpc) is 2.53. The molecular weight excluding hydrogens is 294 g/mol. The van der Waals surface area contributed by atoms with Gasteiger partial charge in [-0.05, 0) is 24.3 Å². The third-order valence-corrected chi connectivity index (χ3v) is 3.32. The SMILES string of the molecule is [NH-]CCO[C@H]1OC(CO)[C@@H](O)C(O)C1Oc1ccc(O)cc1. The molecule has 1 aliphatic heterocycles. The molecule has 0 amide bonds. The first kappa shape index (κ1) is 16.9. The molecule has 5 N–H and O–H groups in total. The van der Waals surface area contributed by atoms with Crippen molar-refractivity contribution in [2.45, 2.75) is 30.7 Å². The Bertz CT molecular complexity index is 455. The predicted molar refractivity (Wildman–Crippen MR) is 75.4 cm³/mol. The molecule has 1 heterocycles. The van der Waals surface area contributed by atoms with E-state index in [0.717, 1.165) is 0 Å². The molecule has 0 spiro atoms. The molecule has 3 unspecified atom stereocenters. The van der Waals surface area contributed by atoms with E-state index < -0.39 is 37.3 Å². The maximum atomic E-state index is 10.2. The van der Waals surface area contributed by atoms with Gasteiger partial charge in [0.2, 0.25) is 0 Å². The van der Waals surface area contributed by atoms with Gasteiger partial charge in [-0.15, -0.1) is 6.54 Å². The van der Waals surface area contributed by atoms with Crippen LogP contribution in [-0.2, 0) is 9.47 Å². The zero-order valence-corrected chi connectivity index (χ0v) is 11.8. The van der Waals surface area contributed by atoms with Crippen molar-refractivity contribution in [2.24, 2.45) is 0 Å². The minimum absolute atomic E-state index is 0.00572. The van der Waals surface area contributed by atoms with E-state index in [1.54, 1.807) is 0 Å². The Labute approximate surface area is 127 Å². The number of nitrogens with one attached hydrogen (secondary N) is 1. The van der Waals surface area contributed by atoms with Crippen molar-refractivity contribution >= 4 is 0 Å². The summed E-state index contributed by atoms with van der Waals surface area (Å²) in [5.74, 6) is 0.412. The Hall–Kier alpha value is -1.42. The van der Waals surface area contributed by atoms with Crippen molar-refractivity contribution in [1.29, 1.82) is 0 Å². The molecule has 1 aromatic carbocycles. The molecular formula is C14H20NO7-. The first-order chi connectivity index (χ1) is 10.6. The van der Waals surface area contributed by atoms with Gasteiger partial charge in [-0.3, -0.25) is 0 Å². The Morgan fingerprint density at radius 3 is 2.41 bits per heavy atom. The van der Waals surface area contributed by atoms with Crippen LogP contribution in [0, 0.1) is 0 Å². The van der Waals surface area contributed by atoms with Gasteiger partial charge in [0.15, 0.2) is 12.4 Å². The fraction of sp³-hybridized carbons (Fsp3) is 0.571. The lowest BCUT2D eigenvalue weighted by Gasteiger charge is -2.41. The highest BCUT2D eigenvalue weighted by Crippen LogP contribution is 2.27.